The Morgan fingerprint density at radius 2 is 2.35 bits per heavy atom. The van der Waals surface area contributed by atoms with Gasteiger partial charge in [0.2, 0.25) is 0 Å². The third-order valence-electron chi connectivity index (χ3n) is 4.37. The third kappa shape index (κ3) is 2.71. The minimum atomic E-state index is -0.445. The van der Waals surface area contributed by atoms with E-state index in [-0.39, 0.29) is 0 Å². The van der Waals surface area contributed by atoms with E-state index in [1.54, 1.807) is 0 Å². The summed E-state index contributed by atoms with van der Waals surface area (Å²) in [6.45, 7) is 2.20. The predicted molar refractivity (Wildman–Crippen MR) is 68.7 cm³/mol. The lowest BCUT2D eigenvalue weighted by Gasteiger charge is -2.39. The number of imidazole rings is 1. The highest BCUT2D eigenvalue weighted by molar-refractivity contribution is 4.96. The van der Waals surface area contributed by atoms with Gasteiger partial charge in [-0.2, -0.15) is 0 Å². The van der Waals surface area contributed by atoms with Crippen LogP contribution in [0.25, 0.3) is 0 Å². The first-order chi connectivity index (χ1) is 8.15. The van der Waals surface area contributed by atoms with Crippen LogP contribution in [0.2, 0.25) is 0 Å². The Morgan fingerprint density at radius 3 is 3.00 bits per heavy atom. The molecule has 2 rings (SSSR count). The van der Waals surface area contributed by atoms with Crippen molar-refractivity contribution in [2.24, 2.45) is 13.0 Å². The molecule has 1 saturated carbocycles. The fourth-order valence-corrected chi connectivity index (χ4v) is 3.17. The second kappa shape index (κ2) is 5.21. The zero-order valence-corrected chi connectivity index (χ0v) is 11.0. The second-order valence-electron chi connectivity index (χ2n) is 5.41. The molecule has 1 fully saturated rings. The van der Waals surface area contributed by atoms with E-state index < -0.39 is 5.60 Å². The van der Waals surface area contributed by atoms with E-state index in [2.05, 4.69) is 11.9 Å². The molecule has 96 valence electrons. The van der Waals surface area contributed by atoms with Gasteiger partial charge in [-0.3, -0.25) is 0 Å². The maximum Gasteiger partial charge on any atom is 0.108 e. The van der Waals surface area contributed by atoms with Crippen LogP contribution >= 0.6 is 0 Å². The molecule has 2 unspecified atom stereocenters. The molecule has 0 bridgehead atoms. The summed E-state index contributed by atoms with van der Waals surface area (Å²) in [6, 6.07) is 0. The van der Waals surface area contributed by atoms with Gasteiger partial charge in [-0.1, -0.05) is 26.2 Å². The average molecular weight is 236 g/mol. The molecule has 2 atom stereocenters. The molecule has 1 N–H and O–H groups in total. The number of nitrogens with zero attached hydrogens (tertiary/aromatic N) is 2. The highest BCUT2D eigenvalue weighted by Crippen LogP contribution is 2.38. The van der Waals surface area contributed by atoms with E-state index in [4.69, 9.17) is 0 Å². The highest BCUT2D eigenvalue weighted by atomic mass is 16.3. The van der Waals surface area contributed by atoms with E-state index in [1.807, 2.05) is 24.0 Å². The van der Waals surface area contributed by atoms with Crippen LogP contribution in [0.5, 0.6) is 0 Å². The molecule has 3 nitrogen and oxygen atoms in total. The molecule has 0 amide bonds. The molecule has 3 heteroatoms. The molecular formula is C14H24N2O. The Labute approximate surface area is 104 Å². The molecule has 0 aliphatic heterocycles. The van der Waals surface area contributed by atoms with Crippen molar-refractivity contribution in [1.29, 1.82) is 0 Å². The number of aromatic nitrogens is 2. The highest BCUT2D eigenvalue weighted by Gasteiger charge is 2.37. The molecule has 1 heterocycles. The minimum absolute atomic E-state index is 0.445. The second-order valence-corrected chi connectivity index (χ2v) is 5.41. The predicted octanol–water partition coefficient (Wildman–Crippen LogP) is 2.68. The first-order valence-electron chi connectivity index (χ1n) is 6.84. The fraction of sp³-hybridized carbons (Fsp3) is 0.786. The Balaban J connectivity index is 1.98. The number of aliphatic hydroxyl groups is 1. The monoisotopic (exact) mass is 236 g/mol. The van der Waals surface area contributed by atoms with Crippen molar-refractivity contribution < 1.29 is 5.11 Å². The van der Waals surface area contributed by atoms with Crippen molar-refractivity contribution in [3.63, 3.8) is 0 Å². The fourth-order valence-electron chi connectivity index (χ4n) is 3.17. The number of hydrogen-bond donors (Lipinski definition) is 1. The van der Waals surface area contributed by atoms with Crippen molar-refractivity contribution in [3.8, 4) is 0 Å². The molecule has 0 aromatic carbocycles. The van der Waals surface area contributed by atoms with Crippen molar-refractivity contribution in [3.05, 3.63) is 18.2 Å². The van der Waals surface area contributed by atoms with Gasteiger partial charge in [0.25, 0.3) is 0 Å². The zero-order chi connectivity index (χ0) is 12.3. The largest absolute Gasteiger partial charge is 0.390 e. The van der Waals surface area contributed by atoms with E-state index in [0.29, 0.717) is 5.92 Å². The van der Waals surface area contributed by atoms with Crippen molar-refractivity contribution in [2.75, 3.05) is 0 Å². The van der Waals surface area contributed by atoms with Crippen LogP contribution in [-0.2, 0) is 13.5 Å². The van der Waals surface area contributed by atoms with Crippen molar-refractivity contribution >= 4 is 0 Å². The van der Waals surface area contributed by atoms with Crippen LogP contribution < -0.4 is 0 Å². The maximum absolute atomic E-state index is 10.8. The zero-order valence-electron chi connectivity index (χ0n) is 11.0. The van der Waals surface area contributed by atoms with E-state index >= 15 is 0 Å². The summed E-state index contributed by atoms with van der Waals surface area (Å²) in [5.74, 6) is 1.57. The van der Waals surface area contributed by atoms with Gasteiger partial charge in [0.1, 0.15) is 5.82 Å². The average Bonchev–Trinajstić information content (AvgIpc) is 2.73. The van der Waals surface area contributed by atoms with Gasteiger partial charge in [-0.15, -0.1) is 0 Å². The smallest absolute Gasteiger partial charge is 0.108 e. The van der Waals surface area contributed by atoms with Crippen LogP contribution in [0.4, 0.5) is 0 Å². The van der Waals surface area contributed by atoms with Crippen LogP contribution in [0.15, 0.2) is 12.4 Å². The lowest BCUT2D eigenvalue weighted by atomic mass is 9.72. The molecule has 1 aromatic rings. The van der Waals surface area contributed by atoms with Crippen LogP contribution in [0.1, 0.15) is 51.3 Å². The molecule has 1 aromatic heterocycles. The van der Waals surface area contributed by atoms with Crippen molar-refractivity contribution in [2.45, 2.75) is 57.5 Å². The van der Waals surface area contributed by atoms with Crippen molar-refractivity contribution in [1.82, 2.24) is 9.55 Å². The molecule has 0 radical (unpaired) electrons. The summed E-state index contributed by atoms with van der Waals surface area (Å²) in [7, 11) is 2.02. The normalized spacial score (nSPS) is 29.5. The summed E-state index contributed by atoms with van der Waals surface area (Å²) in [4.78, 5) is 4.33. The number of hydrogen-bond acceptors (Lipinski definition) is 2. The van der Waals surface area contributed by atoms with Gasteiger partial charge in [0.05, 0.1) is 5.60 Å². The van der Waals surface area contributed by atoms with Crippen LogP contribution in [0, 0.1) is 5.92 Å². The SMILES string of the molecule is CCC1CCCCC1(O)CCc1nccn1C. The molecule has 0 saturated heterocycles. The van der Waals surface area contributed by atoms with Gasteiger partial charge in [-0.25, -0.2) is 4.98 Å². The van der Waals surface area contributed by atoms with E-state index in [0.717, 1.165) is 31.5 Å². The molecule has 1 aliphatic rings. The first-order valence-corrected chi connectivity index (χ1v) is 6.84. The number of aryl methyl sites for hydroxylation is 2. The Hall–Kier alpha value is -0.830. The Kier molecular flexibility index (Phi) is 3.87. The van der Waals surface area contributed by atoms with Crippen LogP contribution in [-0.4, -0.2) is 20.3 Å². The van der Waals surface area contributed by atoms with Crippen LogP contribution in [0.3, 0.4) is 0 Å². The summed E-state index contributed by atoms with van der Waals surface area (Å²) in [5.41, 5.74) is -0.445. The summed E-state index contributed by atoms with van der Waals surface area (Å²) < 4.78 is 2.05. The van der Waals surface area contributed by atoms with Gasteiger partial charge >= 0.3 is 0 Å². The molecule has 0 spiro atoms. The third-order valence-corrected chi connectivity index (χ3v) is 4.37. The summed E-state index contributed by atoms with van der Waals surface area (Å²) in [6.07, 6.45) is 11.2. The van der Waals surface area contributed by atoms with E-state index in [1.165, 1.54) is 19.3 Å². The van der Waals surface area contributed by atoms with E-state index in [9.17, 15) is 5.11 Å². The standard InChI is InChI=1S/C14H24N2O/c1-3-12-6-4-5-8-14(12,17)9-7-13-15-10-11-16(13)2/h10-12,17H,3-9H2,1-2H3. The Bertz CT molecular complexity index is 361. The molecular weight excluding hydrogens is 212 g/mol. The lowest BCUT2D eigenvalue weighted by Crippen LogP contribution is -2.41. The van der Waals surface area contributed by atoms with Gasteiger partial charge in [-0.05, 0) is 25.2 Å². The lowest BCUT2D eigenvalue weighted by molar-refractivity contribution is -0.0563. The first kappa shape index (κ1) is 12.6. The quantitative estimate of drug-likeness (QED) is 0.873. The summed E-state index contributed by atoms with van der Waals surface area (Å²) >= 11 is 0. The summed E-state index contributed by atoms with van der Waals surface area (Å²) in [5, 5.41) is 10.8. The maximum atomic E-state index is 10.8. The van der Waals surface area contributed by atoms with Gasteiger partial charge < -0.3 is 9.67 Å². The molecule has 17 heavy (non-hydrogen) atoms. The van der Waals surface area contributed by atoms with Gasteiger partial charge in [0.15, 0.2) is 0 Å². The Morgan fingerprint density at radius 1 is 1.53 bits per heavy atom. The molecule has 1 aliphatic carbocycles. The topological polar surface area (TPSA) is 38.1 Å². The number of rotatable bonds is 4. The van der Waals surface area contributed by atoms with Gasteiger partial charge in [0, 0.05) is 25.9 Å². The minimum Gasteiger partial charge on any atom is -0.390 e.